The molecule has 1 fully saturated rings. The number of fused-ring (bicyclic) bond motifs is 1. The van der Waals surface area contributed by atoms with Gasteiger partial charge in [0.2, 0.25) is 5.95 Å². The topological polar surface area (TPSA) is 107 Å². The number of para-hydroxylation sites is 1. The molecule has 0 aliphatic heterocycles. The molecule has 1 saturated carbocycles. The van der Waals surface area contributed by atoms with Crippen LogP contribution in [-0.4, -0.2) is 59.3 Å². The zero-order valence-corrected chi connectivity index (χ0v) is 20.5. The van der Waals surface area contributed by atoms with E-state index in [-0.39, 0.29) is 23.6 Å². The van der Waals surface area contributed by atoms with Crippen molar-refractivity contribution < 1.29 is 36.6 Å². The molecule has 0 spiro atoms. The second-order valence-electron chi connectivity index (χ2n) is 8.88. The molecule has 3 aromatic rings. The Kier molecular flexibility index (Phi) is 9.02. The standard InChI is InChI=1S/C23H25F2N5O.C2HF3O2/c1-30(2)21-17-5-3-4-6-20(17)28-23(29-21)27-16-10-8-15(9-11-16)26-22(31)14-7-12-18(24)19(25)13-14;3-2(4,5)1(6)7/h3-7,12-13,15-16H,8-11H2,1-2H3,(H,26,31)(H,27,28,29);(H,6,7)/t15-,16+;. The van der Waals surface area contributed by atoms with Crippen molar-refractivity contribution in [1.82, 2.24) is 15.3 Å². The molecule has 0 radical (unpaired) electrons. The van der Waals surface area contributed by atoms with Gasteiger partial charge in [0.05, 0.1) is 5.52 Å². The predicted octanol–water partition coefficient (Wildman–Crippen LogP) is 4.76. The van der Waals surface area contributed by atoms with E-state index in [1.807, 2.05) is 43.3 Å². The fraction of sp³-hybridized carbons (Fsp3) is 0.360. The minimum Gasteiger partial charge on any atom is -0.475 e. The second-order valence-corrected chi connectivity index (χ2v) is 8.88. The zero-order valence-electron chi connectivity index (χ0n) is 20.5. The van der Waals surface area contributed by atoms with Gasteiger partial charge in [-0.2, -0.15) is 18.2 Å². The quantitative estimate of drug-likeness (QED) is 0.402. The summed E-state index contributed by atoms with van der Waals surface area (Å²) in [5, 5.41) is 14.5. The van der Waals surface area contributed by atoms with E-state index in [2.05, 4.69) is 20.6 Å². The molecule has 1 heterocycles. The summed E-state index contributed by atoms with van der Waals surface area (Å²) in [7, 11) is 3.92. The van der Waals surface area contributed by atoms with Gasteiger partial charge in [0, 0.05) is 37.1 Å². The lowest BCUT2D eigenvalue weighted by atomic mass is 9.91. The molecule has 3 N–H and O–H groups in total. The second kappa shape index (κ2) is 12.0. The largest absolute Gasteiger partial charge is 0.490 e. The molecular formula is C25H26F5N5O3. The van der Waals surface area contributed by atoms with Crippen molar-refractivity contribution in [3.8, 4) is 0 Å². The van der Waals surface area contributed by atoms with Crippen molar-refractivity contribution in [2.45, 2.75) is 43.9 Å². The van der Waals surface area contributed by atoms with Gasteiger partial charge < -0.3 is 20.6 Å². The molecule has 1 aromatic heterocycles. The number of aliphatic carboxylic acids is 1. The number of hydrogen-bond acceptors (Lipinski definition) is 6. The van der Waals surface area contributed by atoms with E-state index in [9.17, 15) is 26.7 Å². The third kappa shape index (κ3) is 7.49. The van der Waals surface area contributed by atoms with Crippen LogP contribution in [-0.2, 0) is 4.79 Å². The molecule has 0 unspecified atom stereocenters. The van der Waals surface area contributed by atoms with Crippen LogP contribution in [0.5, 0.6) is 0 Å². The van der Waals surface area contributed by atoms with E-state index in [4.69, 9.17) is 9.90 Å². The van der Waals surface area contributed by atoms with Crippen molar-refractivity contribution in [3.63, 3.8) is 0 Å². The van der Waals surface area contributed by atoms with Crippen LogP contribution >= 0.6 is 0 Å². The molecule has 1 amide bonds. The number of nitrogens with zero attached hydrogens (tertiary/aromatic N) is 3. The van der Waals surface area contributed by atoms with Crippen molar-refractivity contribution >= 4 is 34.5 Å². The first-order valence-corrected chi connectivity index (χ1v) is 11.6. The first kappa shape index (κ1) is 28.5. The number of amides is 1. The number of aromatic nitrogens is 2. The predicted molar refractivity (Wildman–Crippen MR) is 131 cm³/mol. The lowest BCUT2D eigenvalue weighted by molar-refractivity contribution is -0.192. The Morgan fingerprint density at radius 1 is 0.947 bits per heavy atom. The summed E-state index contributed by atoms with van der Waals surface area (Å²) in [5.41, 5.74) is 1.01. The average molecular weight is 540 g/mol. The minimum absolute atomic E-state index is 0.00600. The summed E-state index contributed by atoms with van der Waals surface area (Å²) < 4.78 is 58.2. The number of carboxylic acid groups (broad SMARTS) is 1. The summed E-state index contributed by atoms with van der Waals surface area (Å²) in [6, 6.07) is 11.3. The van der Waals surface area contributed by atoms with E-state index in [0.717, 1.165) is 54.5 Å². The van der Waals surface area contributed by atoms with Gasteiger partial charge in [0.15, 0.2) is 11.6 Å². The number of carbonyl (C=O) groups is 2. The van der Waals surface area contributed by atoms with Crippen LogP contribution in [0.25, 0.3) is 10.9 Å². The Hall–Kier alpha value is -4.03. The molecular weight excluding hydrogens is 513 g/mol. The highest BCUT2D eigenvalue weighted by molar-refractivity contribution is 5.94. The molecule has 13 heteroatoms. The van der Waals surface area contributed by atoms with Gasteiger partial charge in [-0.25, -0.2) is 18.6 Å². The Morgan fingerprint density at radius 2 is 1.55 bits per heavy atom. The lowest BCUT2D eigenvalue weighted by Crippen LogP contribution is -2.40. The summed E-state index contributed by atoms with van der Waals surface area (Å²) in [4.78, 5) is 32.5. The van der Waals surface area contributed by atoms with Crippen LogP contribution in [0.3, 0.4) is 0 Å². The third-order valence-corrected chi connectivity index (χ3v) is 5.83. The molecule has 1 aliphatic rings. The highest BCUT2D eigenvalue weighted by Crippen LogP contribution is 2.26. The number of carboxylic acids is 1. The number of halogens is 5. The fourth-order valence-electron chi connectivity index (χ4n) is 3.94. The van der Waals surface area contributed by atoms with Crippen LogP contribution < -0.4 is 15.5 Å². The lowest BCUT2D eigenvalue weighted by Gasteiger charge is -2.30. The molecule has 0 atom stereocenters. The number of carbonyl (C=O) groups excluding carboxylic acids is 1. The number of rotatable bonds is 5. The van der Waals surface area contributed by atoms with Gasteiger partial charge >= 0.3 is 12.1 Å². The summed E-state index contributed by atoms with van der Waals surface area (Å²) >= 11 is 0. The van der Waals surface area contributed by atoms with Crippen LogP contribution in [0, 0.1) is 11.6 Å². The van der Waals surface area contributed by atoms with Gasteiger partial charge in [-0.1, -0.05) is 12.1 Å². The van der Waals surface area contributed by atoms with Crippen molar-refractivity contribution in [2.24, 2.45) is 0 Å². The SMILES string of the molecule is CN(C)c1nc(N[C@H]2CC[C@@H](NC(=O)c3ccc(F)c(F)c3)CC2)nc2ccccc12.O=C(O)C(F)(F)F. The fourth-order valence-corrected chi connectivity index (χ4v) is 3.94. The van der Waals surface area contributed by atoms with Crippen LogP contribution in [0.15, 0.2) is 42.5 Å². The Labute approximate surface area is 214 Å². The van der Waals surface area contributed by atoms with Crippen LogP contribution in [0.4, 0.5) is 33.7 Å². The maximum absolute atomic E-state index is 13.4. The molecule has 0 bridgehead atoms. The van der Waals surface area contributed by atoms with E-state index in [1.165, 1.54) is 6.07 Å². The summed E-state index contributed by atoms with van der Waals surface area (Å²) in [6.07, 6.45) is -1.84. The third-order valence-electron chi connectivity index (χ3n) is 5.83. The van der Waals surface area contributed by atoms with Gasteiger partial charge in [0.25, 0.3) is 5.91 Å². The Balaban J connectivity index is 0.000000505. The molecule has 4 rings (SSSR count). The summed E-state index contributed by atoms with van der Waals surface area (Å²) in [6.45, 7) is 0. The van der Waals surface area contributed by atoms with Crippen molar-refractivity contribution in [2.75, 3.05) is 24.3 Å². The first-order chi connectivity index (χ1) is 17.8. The van der Waals surface area contributed by atoms with Crippen LogP contribution in [0.1, 0.15) is 36.0 Å². The van der Waals surface area contributed by atoms with Crippen LogP contribution in [0.2, 0.25) is 0 Å². The summed E-state index contributed by atoms with van der Waals surface area (Å²) in [5.74, 6) is -3.67. The molecule has 38 heavy (non-hydrogen) atoms. The van der Waals surface area contributed by atoms with E-state index in [1.54, 1.807) is 0 Å². The van der Waals surface area contributed by atoms with Gasteiger partial charge in [-0.3, -0.25) is 4.79 Å². The highest BCUT2D eigenvalue weighted by Gasteiger charge is 2.38. The van der Waals surface area contributed by atoms with Gasteiger partial charge in [-0.15, -0.1) is 0 Å². The van der Waals surface area contributed by atoms with Crippen molar-refractivity contribution in [3.05, 3.63) is 59.7 Å². The minimum atomic E-state index is -5.08. The van der Waals surface area contributed by atoms with E-state index < -0.39 is 23.8 Å². The average Bonchev–Trinajstić information content (AvgIpc) is 2.86. The number of benzene rings is 2. The number of hydrogen-bond donors (Lipinski definition) is 3. The molecule has 0 saturated heterocycles. The zero-order chi connectivity index (χ0) is 28.0. The molecule has 2 aromatic carbocycles. The van der Waals surface area contributed by atoms with Gasteiger partial charge in [-0.05, 0) is 56.0 Å². The van der Waals surface area contributed by atoms with Gasteiger partial charge in [0.1, 0.15) is 5.82 Å². The molecule has 204 valence electrons. The number of alkyl halides is 3. The van der Waals surface area contributed by atoms with E-state index in [0.29, 0.717) is 5.95 Å². The first-order valence-electron chi connectivity index (χ1n) is 11.6. The maximum atomic E-state index is 13.4. The molecule has 8 nitrogen and oxygen atoms in total. The maximum Gasteiger partial charge on any atom is 0.490 e. The smallest absolute Gasteiger partial charge is 0.475 e. The van der Waals surface area contributed by atoms with E-state index >= 15 is 0 Å². The van der Waals surface area contributed by atoms with Crippen molar-refractivity contribution in [1.29, 1.82) is 0 Å². The monoisotopic (exact) mass is 539 g/mol. The number of anilines is 2. The Bertz CT molecular complexity index is 1290. The highest BCUT2D eigenvalue weighted by atomic mass is 19.4. The Morgan fingerprint density at radius 3 is 2.13 bits per heavy atom. The normalized spacial score (nSPS) is 17.2. The molecule has 1 aliphatic carbocycles. The number of nitrogens with one attached hydrogen (secondary N) is 2.